The van der Waals surface area contributed by atoms with Crippen LogP contribution in [0.1, 0.15) is 77.3 Å². The highest BCUT2D eigenvalue weighted by atomic mass is 32.2. The van der Waals surface area contributed by atoms with Gasteiger partial charge in [-0.1, -0.05) is 95.0 Å². The summed E-state index contributed by atoms with van der Waals surface area (Å²) in [5, 5.41) is 12.0. The van der Waals surface area contributed by atoms with E-state index >= 15 is 0 Å². The van der Waals surface area contributed by atoms with E-state index in [1.807, 2.05) is 36.6 Å². The summed E-state index contributed by atoms with van der Waals surface area (Å²) in [5.41, 5.74) is 1.21. The molecule has 3 aromatic carbocycles. The Balaban J connectivity index is 1.68. The number of sulfonamides is 1. The van der Waals surface area contributed by atoms with Crippen molar-refractivity contribution < 1.29 is 32.6 Å². The molecule has 10 nitrogen and oxygen atoms in total. The number of anilines is 2. The standard InChI is InChI=1S/C37H47N3O7S2/c1-5-7-19-37(20-8-6-2)25-40(28-17-13-10-14-18-28)29-22-32(48-4)31(23-33(29)49(45,46)39-37)47-24-34(42)38-35(27-15-11-9-12-16-27)30(41)21-26(3)36(43)44/h9-18,22-23,26,35,39H,5-8,19-21,24-25H2,1-4H3,(H,38,42)(H,43,44)/t26-,35-/m1/s1. The van der Waals surface area contributed by atoms with Crippen LogP contribution < -0.4 is 19.7 Å². The Labute approximate surface area is 294 Å². The Morgan fingerprint density at radius 2 is 1.61 bits per heavy atom. The van der Waals surface area contributed by atoms with E-state index in [2.05, 4.69) is 28.8 Å². The molecule has 1 amide bonds. The van der Waals surface area contributed by atoms with Crippen LogP contribution in [0, 0.1) is 5.92 Å². The van der Waals surface area contributed by atoms with Gasteiger partial charge >= 0.3 is 5.97 Å². The van der Waals surface area contributed by atoms with Crippen LogP contribution in [-0.4, -0.2) is 56.1 Å². The molecule has 1 aliphatic heterocycles. The number of Topliss-reactive ketones (excluding diaryl/α,β-unsaturated/α-hetero) is 1. The van der Waals surface area contributed by atoms with Crippen LogP contribution in [0.4, 0.5) is 11.4 Å². The molecule has 0 saturated carbocycles. The average molecular weight is 710 g/mol. The van der Waals surface area contributed by atoms with Gasteiger partial charge < -0.3 is 20.1 Å². The van der Waals surface area contributed by atoms with Gasteiger partial charge in [0.25, 0.3) is 5.91 Å². The first-order chi connectivity index (χ1) is 23.4. The lowest BCUT2D eigenvalue weighted by atomic mass is 9.87. The smallest absolute Gasteiger partial charge is 0.306 e. The van der Waals surface area contributed by atoms with Gasteiger partial charge in [-0.3, -0.25) is 14.4 Å². The number of nitrogens with one attached hydrogen (secondary N) is 2. The number of rotatable bonds is 17. The van der Waals surface area contributed by atoms with E-state index in [1.165, 1.54) is 24.8 Å². The van der Waals surface area contributed by atoms with Gasteiger partial charge in [0.1, 0.15) is 16.7 Å². The van der Waals surface area contributed by atoms with Crippen molar-refractivity contribution in [2.75, 3.05) is 24.3 Å². The summed E-state index contributed by atoms with van der Waals surface area (Å²) in [4.78, 5) is 40.6. The van der Waals surface area contributed by atoms with E-state index < -0.39 is 51.8 Å². The molecule has 2 atom stereocenters. The van der Waals surface area contributed by atoms with Crippen molar-refractivity contribution in [1.82, 2.24) is 10.0 Å². The third-order valence-electron chi connectivity index (χ3n) is 8.77. The van der Waals surface area contributed by atoms with Gasteiger partial charge in [-0.15, -0.1) is 11.8 Å². The Morgan fingerprint density at radius 3 is 2.18 bits per heavy atom. The van der Waals surface area contributed by atoms with Gasteiger partial charge in [0.2, 0.25) is 10.0 Å². The number of hydrogen-bond acceptors (Lipinski definition) is 8. The molecule has 264 valence electrons. The lowest BCUT2D eigenvalue weighted by Crippen LogP contribution is -2.53. The Bertz CT molecular complexity index is 1690. The molecule has 3 N–H and O–H groups in total. The molecule has 12 heteroatoms. The molecule has 1 aliphatic rings. The third kappa shape index (κ3) is 9.64. The number of ether oxygens (including phenoxy) is 1. The van der Waals surface area contributed by atoms with Crippen LogP contribution in [0.2, 0.25) is 0 Å². The molecule has 0 aromatic heterocycles. The second-order valence-corrected chi connectivity index (χ2v) is 15.1. The van der Waals surface area contributed by atoms with E-state index in [1.54, 1.807) is 36.4 Å². The van der Waals surface area contributed by atoms with E-state index in [-0.39, 0.29) is 17.1 Å². The number of thioether (sulfide) groups is 1. The van der Waals surface area contributed by atoms with E-state index in [0.717, 1.165) is 31.4 Å². The number of carboxylic acids is 1. The molecule has 0 spiro atoms. The van der Waals surface area contributed by atoms with Crippen LogP contribution in [0.15, 0.2) is 82.6 Å². The molecular formula is C37H47N3O7S2. The summed E-state index contributed by atoms with van der Waals surface area (Å²) < 4.78 is 37.6. The number of benzene rings is 3. The maximum atomic E-state index is 14.3. The first kappa shape index (κ1) is 37.9. The molecule has 0 unspecified atom stereocenters. The van der Waals surface area contributed by atoms with Crippen molar-refractivity contribution in [2.45, 2.75) is 87.1 Å². The lowest BCUT2D eigenvalue weighted by Gasteiger charge is -2.37. The van der Waals surface area contributed by atoms with Crippen LogP contribution in [0.3, 0.4) is 0 Å². The minimum Gasteiger partial charge on any atom is -0.483 e. The fourth-order valence-corrected chi connectivity index (χ4v) is 8.29. The summed E-state index contributed by atoms with van der Waals surface area (Å²) in [7, 11) is -4.03. The molecule has 0 fully saturated rings. The molecule has 0 bridgehead atoms. The number of carbonyl (C=O) groups is 3. The van der Waals surface area contributed by atoms with Gasteiger partial charge in [0.05, 0.1) is 22.0 Å². The monoisotopic (exact) mass is 709 g/mol. The van der Waals surface area contributed by atoms with Gasteiger partial charge in [0.15, 0.2) is 12.4 Å². The van der Waals surface area contributed by atoms with E-state index in [0.29, 0.717) is 35.5 Å². The fourth-order valence-electron chi connectivity index (χ4n) is 6.09. The third-order valence-corrected chi connectivity index (χ3v) is 11.1. The first-order valence-corrected chi connectivity index (χ1v) is 19.5. The largest absolute Gasteiger partial charge is 0.483 e. The van der Waals surface area contributed by atoms with Gasteiger partial charge in [-0.2, -0.15) is 0 Å². The van der Waals surface area contributed by atoms with Crippen molar-refractivity contribution in [1.29, 1.82) is 0 Å². The second kappa shape index (κ2) is 17.2. The van der Waals surface area contributed by atoms with Crippen molar-refractivity contribution in [3.05, 3.63) is 78.4 Å². The van der Waals surface area contributed by atoms with Crippen LogP contribution in [0.25, 0.3) is 0 Å². The van der Waals surface area contributed by atoms with Crippen molar-refractivity contribution >= 4 is 50.8 Å². The maximum absolute atomic E-state index is 14.3. The summed E-state index contributed by atoms with van der Waals surface area (Å²) >= 11 is 1.37. The Kier molecular flexibility index (Phi) is 13.3. The molecule has 0 radical (unpaired) electrons. The van der Waals surface area contributed by atoms with Crippen molar-refractivity contribution in [2.24, 2.45) is 5.92 Å². The number of nitrogens with zero attached hydrogens (tertiary/aromatic N) is 1. The lowest BCUT2D eigenvalue weighted by molar-refractivity contribution is -0.143. The van der Waals surface area contributed by atoms with Gasteiger partial charge in [-0.05, 0) is 42.9 Å². The topological polar surface area (TPSA) is 142 Å². The van der Waals surface area contributed by atoms with Crippen molar-refractivity contribution in [3.63, 3.8) is 0 Å². The molecular weight excluding hydrogens is 663 g/mol. The SMILES string of the molecule is CCCCC1(CCCC)CN(c2ccccc2)c2cc(SC)c(OCC(=O)N[C@@H](C(=O)C[C@@H](C)C(=O)O)c3ccccc3)cc2S(=O)(=O)N1. The zero-order valence-electron chi connectivity index (χ0n) is 28.6. The number of hydrogen-bond donors (Lipinski definition) is 3. The van der Waals surface area contributed by atoms with Crippen LogP contribution in [-0.2, 0) is 24.4 Å². The van der Waals surface area contributed by atoms with Crippen molar-refractivity contribution in [3.8, 4) is 5.75 Å². The van der Waals surface area contributed by atoms with E-state index in [9.17, 15) is 27.9 Å². The highest BCUT2D eigenvalue weighted by Gasteiger charge is 2.42. The quantitative estimate of drug-likeness (QED) is 0.128. The fraction of sp³-hybridized carbons (Fsp3) is 0.432. The predicted octanol–water partition coefficient (Wildman–Crippen LogP) is 6.87. The zero-order valence-corrected chi connectivity index (χ0v) is 30.2. The number of para-hydroxylation sites is 1. The molecule has 1 heterocycles. The van der Waals surface area contributed by atoms with Gasteiger partial charge in [0, 0.05) is 24.7 Å². The normalized spacial score (nSPS) is 16.1. The minimum atomic E-state index is -4.03. The summed E-state index contributed by atoms with van der Waals surface area (Å²) in [6, 6.07) is 20.6. The van der Waals surface area contributed by atoms with E-state index in [4.69, 9.17) is 4.74 Å². The number of unbranched alkanes of at least 4 members (excludes halogenated alkanes) is 2. The first-order valence-electron chi connectivity index (χ1n) is 16.7. The molecule has 3 aromatic rings. The summed E-state index contributed by atoms with van der Waals surface area (Å²) in [5.74, 6) is -2.87. The molecule has 49 heavy (non-hydrogen) atoms. The Morgan fingerprint density at radius 1 is 1.00 bits per heavy atom. The molecule has 4 rings (SSSR count). The second-order valence-electron chi connectivity index (χ2n) is 12.6. The maximum Gasteiger partial charge on any atom is 0.306 e. The number of amides is 1. The number of carboxylic acid groups (broad SMARTS) is 1. The number of carbonyl (C=O) groups excluding carboxylic acids is 2. The zero-order chi connectivity index (χ0) is 35.6. The summed E-state index contributed by atoms with van der Waals surface area (Å²) in [6.07, 6.45) is 6.55. The average Bonchev–Trinajstić information content (AvgIpc) is 3.19. The van der Waals surface area contributed by atoms with Crippen LogP contribution in [0.5, 0.6) is 5.75 Å². The summed E-state index contributed by atoms with van der Waals surface area (Å²) in [6.45, 7) is 5.59. The molecule has 0 aliphatic carbocycles. The van der Waals surface area contributed by atoms with Crippen LogP contribution >= 0.6 is 11.8 Å². The highest BCUT2D eigenvalue weighted by Crippen LogP contribution is 2.44. The highest BCUT2D eigenvalue weighted by molar-refractivity contribution is 7.98. The predicted molar refractivity (Wildman–Crippen MR) is 193 cm³/mol. The number of ketones is 1. The Hall–Kier alpha value is -3.87. The number of fused-ring (bicyclic) bond motifs is 1. The molecule has 0 saturated heterocycles. The number of aliphatic carboxylic acids is 1. The van der Waals surface area contributed by atoms with Gasteiger partial charge in [-0.25, -0.2) is 13.1 Å². The minimum absolute atomic E-state index is 0.0550.